The van der Waals surface area contributed by atoms with Crippen LogP contribution in [0.1, 0.15) is 41.0 Å². The molecule has 0 aliphatic carbocycles. The summed E-state index contributed by atoms with van der Waals surface area (Å²) >= 11 is 0. The number of aliphatic hydroxyl groups is 1. The van der Waals surface area contributed by atoms with Crippen LogP contribution >= 0.6 is 0 Å². The second-order valence-electron chi connectivity index (χ2n) is 11.5. The first-order chi connectivity index (χ1) is 21.4. The van der Waals surface area contributed by atoms with E-state index in [1.54, 1.807) is 49.6 Å². The Morgan fingerprint density at radius 3 is 2.64 bits per heavy atom. The lowest BCUT2D eigenvalue weighted by Crippen LogP contribution is -2.41. The Morgan fingerprint density at radius 2 is 1.93 bits per heavy atom. The lowest BCUT2D eigenvalue weighted by molar-refractivity contribution is -0.123. The number of anilines is 2. The number of rotatable bonds is 8. The highest BCUT2D eigenvalue weighted by molar-refractivity contribution is 6.03. The van der Waals surface area contributed by atoms with E-state index in [2.05, 4.69) is 30.8 Å². The fraction of sp³-hybridized carbons (Fsp3) is 0.212. The van der Waals surface area contributed by atoms with Gasteiger partial charge in [0, 0.05) is 34.5 Å². The first-order valence-electron chi connectivity index (χ1n) is 14.1. The molecule has 2 aromatic carbocycles. The van der Waals surface area contributed by atoms with Crippen LogP contribution in [0.4, 0.5) is 15.9 Å². The number of carbonyl (C=O) groups is 2. The quantitative estimate of drug-likeness (QED) is 0.204. The van der Waals surface area contributed by atoms with Crippen molar-refractivity contribution >= 4 is 34.2 Å². The summed E-state index contributed by atoms with van der Waals surface area (Å²) in [6.07, 6.45) is 3.29. The summed E-state index contributed by atoms with van der Waals surface area (Å²) in [5, 5.41) is 26.3. The van der Waals surface area contributed by atoms with Gasteiger partial charge in [0.05, 0.1) is 23.4 Å². The summed E-state index contributed by atoms with van der Waals surface area (Å²) < 4.78 is 19.6. The van der Waals surface area contributed by atoms with Gasteiger partial charge in [-0.1, -0.05) is 0 Å². The standard InChI is InChI=1S/C33H30FN7O4/c1-18-11-20-12-21(13-24(27(20)36-15-18)39-26-5-4-10-38-41-26)30(42)37-16-33(3,44)25-14-23-29(45-17-32(23,2)31(35)43)28(40-25)19-6-8-22(34)9-7-19/h4-15,44H,16-17H2,1-3H3,(H2,35,43)(H,37,42)(H,39,41)/t32-,33-/m0/s1. The zero-order valence-corrected chi connectivity index (χ0v) is 24.8. The number of amides is 2. The summed E-state index contributed by atoms with van der Waals surface area (Å²) in [6.45, 7) is 4.81. The Morgan fingerprint density at radius 1 is 1.16 bits per heavy atom. The Hall–Kier alpha value is -5.49. The number of nitrogens with one attached hydrogen (secondary N) is 2. The number of aromatic nitrogens is 4. The van der Waals surface area contributed by atoms with Gasteiger partial charge in [0.15, 0.2) is 5.82 Å². The van der Waals surface area contributed by atoms with Gasteiger partial charge in [0.1, 0.15) is 34.9 Å². The number of hydrogen-bond acceptors (Lipinski definition) is 9. The Balaban J connectivity index is 1.33. The molecule has 0 fully saturated rings. The maximum absolute atomic E-state index is 13.7. The number of halogens is 1. The molecular formula is C33H30FN7O4. The predicted molar refractivity (Wildman–Crippen MR) is 165 cm³/mol. The molecular weight excluding hydrogens is 577 g/mol. The van der Waals surface area contributed by atoms with Gasteiger partial charge in [-0.3, -0.25) is 14.6 Å². The lowest BCUT2D eigenvalue weighted by Gasteiger charge is -2.26. The van der Waals surface area contributed by atoms with Gasteiger partial charge in [-0.25, -0.2) is 9.37 Å². The largest absolute Gasteiger partial charge is 0.489 e. The highest BCUT2D eigenvalue weighted by Crippen LogP contribution is 2.45. The highest BCUT2D eigenvalue weighted by Gasteiger charge is 2.45. The van der Waals surface area contributed by atoms with E-state index in [4.69, 9.17) is 10.5 Å². The molecule has 5 aromatic rings. The molecule has 2 amide bonds. The van der Waals surface area contributed by atoms with Crippen molar-refractivity contribution in [2.75, 3.05) is 18.5 Å². The summed E-state index contributed by atoms with van der Waals surface area (Å²) in [6, 6.07) is 16.0. The summed E-state index contributed by atoms with van der Waals surface area (Å²) in [7, 11) is 0. The maximum atomic E-state index is 13.7. The molecule has 0 saturated heterocycles. The number of aryl methyl sites for hydroxylation is 1. The van der Waals surface area contributed by atoms with E-state index < -0.39 is 28.6 Å². The number of hydrogen-bond donors (Lipinski definition) is 4. The number of nitrogens with zero attached hydrogens (tertiary/aromatic N) is 4. The van der Waals surface area contributed by atoms with Crippen LogP contribution in [-0.2, 0) is 15.8 Å². The van der Waals surface area contributed by atoms with Crippen molar-refractivity contribution in [3.63, 3.8) is 0 Å². The lowest BCUT2D eigenvalue weighted by atomic mass is 9.82. The molecule has 12 heteroatoms. The zero-order valence-electron chi connectivity index (χ0n) is 24.8. The first-order valence-corrected chi connectivity index (χ1v) is 14.1. The Labute approximate surface area is 257 Å². The second kappa shape index (κ2) is 11.2. The van der Waals surface area contributed by atoms with Crippen LogP contribution < -0.4 is 21.1 Å². The molecule has 0 unspecified atom stereocenters. The molecule has 4 heterocycles. The molecule has 2 atom stereocenters. The molecule has 0 saturated carbocycles. The van der Waals surface area contributed by atoms with Crippen LogP contribution in [0.25, 0.3) is 22.2 Å². The van der Waals surface area contributed by atoms with Crippen molar-refractivity contribution in [3.8, 4) is 17.0 Å². The van der Waals surface area contributed by atoms with Crippen LogP contribution in [0.3, 0.4) is 0 Å². The molecule has 45 heavy (non-hydrogen) atoms. The van der Waals surface area contributed by atoms with Gasteiger partial charge in [-0.05, 0) is 87.0 Å². The van der Waals surface area contributed by atoms with Crippen molar-refractivity contribution in [2.45, 2.75) is 31.8 Å². The van der Waals surface area contributed by atoms with Gasteiger partial charge in [-0.2, -0.15) is 5.10 Å². The van der Waals surface area contributed by atoms with Crippen molar-refractivity contribution in [3.05, 3.63) is 101 Å². The SMILES string of the molecule is Cc1cnc2c(Nc3cccnn3)cc(C(=O)NC[C@](C)(O)c3cc4c(c(-c5ccc(F)cc5)n3)OC[C@]4(C)C(N)=O)cc2c1. The molecule has 0 radical (unpaired) electrons. The van der Waals surface area contributed by atoms with Crippen molar-refractivity contribution in [2.24, 2.45) is 5.73 Å². The fourth-order valence-corrected chi connectivity index (χ4v) is 5.20. The third-order valence-corrected chi connectivity index (χ3v) is 7.90. The molecule has 3 aromatic heterocycles. The maximum Gasteiger partial charge on any atom is 0.251 e. The average molecular weight is 608 g/mol. The summed E-state index contributed by atoms with van der Waals surface area (Å²) in [5.41, 5.74) is 6.76. The molecule has 11 nitrogen and oxygen atoms in total. The third kappa shape index (κ3) is 5.63. The minimum absolute atomic E-state index is 0.0168. The topological polar surface area (TPSA) is 165 Å². The zero-order chi connectivity index (χ0) is 31.9. The summed E-state index contributed by atoms with van der Waals surface area (Å²) in [4.78, 5) is 35.2. The number of benzene rings is 2. The number of primary amides is 1. The third-order valence-electron chi connectivity index (χ3n) is 7.90. The van der Waals surface area contributed by atoms with Gasteiger partial charge in [0.25, 0.3) is 5.91 Å². The van der Waals surface area contributed by atoms with Crippen LogP contribution in [0.2, 0.25) is 0 Å². The monoisotopic (exact) mass is 607 g/mol. The van der Waals surface area contributed by atoms with Crippen LogP contribution in [0.5, 0.6) is 5.75 Å². The number of nitrogens with two attached hydrogens (primary N) is 1. The Bertz CT molecular complexity index is 1950. The molecule has 228 valence electrons. The van der Waals surface area contributed by atoms with Crippen molar-refractivity contribution in [1.29, 1.82) is 0 Å². The van der Waals surface area contributed by atoms with Gasteiger partial charge < -0.3 is 26.2 Å². The van der Waals surface area contributed by atoms with Gasteiger partial charge in [0.2, 0.25) is 5.91 Å². The molecule has 0 bridgehead atoms. The molecule has 0 spiro atoms. The van der Waals surface area contributed by atoms with Crippen molar-refractivity contribution in [1.82, 2.24) is 25.5 Å². The molecule has 5 N–H and O–H groups in total. The van der Waals surface area contributed by atoms with Gasteiger partial charge in [-0.15, -0.1) is 5.10 Å². The van der Waals surface area contributed by atoms with E-state index in [-0.39, 0.29) is 18.8 Å². The number of fused-ring (bicyclic) bond motifs is 2. The Kier molecular flexibility index (Phi) is 7.37. The first kappa shape index (κ1) is 29.6. The van der Waals surface area contributed by atoms with E-state index in [1.165, 1.54) is 31.2 Å². The van der Waals surface area contributed by atoms with Crippen LogP contribution in [-0.4, -0.2) is 50.2 Å². The van der Waals surface area contributed by atoms with E-state index in [0.717, 1.165) is 10.9 Å². The van der Waals surface area contributed by atoms with E-state index in [9.17, 15) is 19.1 Å². The fourth-order valence-electron chi connectivity index (χ4n) is 5.20. The number of ether oxygens (including phenoxy) is 1. The van der Waals surface area contributed by atoms with Crippen LogP contribution in [0.15, 0.2) is 73.1 Å². The predicted octanol–water partition coefficient (Wildman–Crippen LogP) is 4.05. The average Bonchev–Trinajstić information content (AvgIpc) is 3.38. The molecule has 1 aliphatic rings. The van der Waals surface area contributed by atoms with E-state index in [0.29, 0.717) is 45.2 Å². The summed E-state index contributed by atoms with van der Waals surface area (Å²) in [5.74, 6) is -0.684. The van der Waals surface area contributed by atoms with Gasteiger partial charge >= 0.3 is 0 Å². The molecule has 1 aliphatic heterocycles. The van der Waals surface area contributed by atoms with E-state index in [1.807, 2.05) is 13.0 Å². The molecule has 6 rings (SSSR count). The normalized spacial score (nSPS) is 16.8. The smallest absolute Gasteiger partial charge is 0.251 e. The number of pyridine rings is 2. The second-order valence-corrected chi connectivity index (χ2v) is 11.5. The highest BCUT2D eigenvalue weighted by atomic mass is 19.1. The van der Waals surface area contributed by atoms with Crippen LogP contribution in [0, 0.1) is 12.7 Å². The van der Waals surface area contributed by atoms with Crippen molar-refractivity contribution < 1.29 is 23.8 Å². The number of carbonyl (C=O) groups excluding carboxylic acids is 2. The van der Waals surface area contributed by atoms with E-state index >= 15 is 0 Å². The minimum Gasteiger partial charge on any atom is -0.489 e. The minimum atomic E-state index is -1.70.